The van der Waals surface area contributed by atoms with Crippen molar-refractivity contribution in [2.75, 3.05) is 5.32 Å². The lowest BCUT2D eigenvalue weighted by atomic mass is 10.1. The van der Waals surface area contributed by atoms with Crippen molar-refractivity contribution in [3.8, 4) is 0 Å². The van der Waals surface area contributed by atoms with E-state index >= 15 is 0 Å². The number of hydrogen-bond donors (Lipinski definition) is 2. The molecule has 0 spiro atoms. The molecule has 6 heteroatoms. The van der Waals surface area contributed by atoms with Crippen LogP contribution in [-0.2, 0) is 7.05 Å². The summed E-state index contributed by atoms with van der Waals surface area (Å²) in [5.41, 5.74) is 1.35. The molecule has 2 N–H and O–H groups in total. The van der Waals surface area contributed by atoms with E-state index in [-0.39, 0.29) is 17.2 Å². The van der Waals surface area contributed by atoms with Gasteiger partial charge in [-0.2, -0.15) is 5.10 Å². The van der Waals surface area contributed by atoms with Crippen LogP contribution in [0.1, 0.15) is 10.4 Å². The van der Waals surface area contributed by atoms with Gasteiger partial charge in [-0.1, -0.05) is 0 Å². The molecule has 2 heterocycles. The van der Waals surface area contributed by atoms with Crippen LogP contribution in [0.3, 0.4) is 0 Å². The van der Waals surface area contributed by atoms with Gasteiger partial charge in [0.1, 0.15) is 5.69 Å². The number of carbonyl (C=O) groups is 1. The molecule has 0 saturated carbocycles. The van der Waals surface area contributed by atoms with Gasteiger partial charge in [0, 0.05) is 24.2 Å². The lowest BCUT2D eigenvalue weighted by molar-refractivity contribution is 0.102. The molecule has 0 aliphatic carbocycles. The number of pyridine rings is 1. The maximum atomic E-state index is 12.2. The van der Waals surface area contributed by atoms with Crippen LogP contribution >= 0.6 is 0 Å². The van der Waals surface area contributed by atoms with Gasteiger partial charge in [0.05, 0.1) is 11.7 Å². The summed E-state index contributed by atoms with van der Waals surface area (Å²) in [6, 6.07) is 8.47. The maximum absolute atomic E-state index is 12.2. The smallest absolute Gasteiger partial charge is 0.274 e. The quantitative estimate of drug-likeness (QED) is 0.739. The second kappa shape index (κ2) is 4.65. The zero-order valence-corrected chi connectivity index (χ0v) is 10.8. The summed E-state index contributed by atoms with van der Waals surface area (Å²) in [5.74, 6) is -0.323. The van der Waals surface area contributed by atoms with Crippen molar-refractivity contribution in [2.24, 2.45) is 7.05 Å². The number of nitrogens with one attached hydrogen (secondary N) is 2. The third-order valence-electron chi connectivity index (χ3n) is 3.07. The molecule has 2 aromatic heterocycles. The van der Waals surface area contributed by atoms with E-state index in [4.69, 9.17) is 0 Å². The van der Waals surface area contributed by atoms with Crippen molar-refractivity contribution < 1.29 is 4.79 Å². The fourth-order valence-corrected chi connectivity index (χ4v) is 1.97. The van der Waals surface area contributed by atoms with Gasteiger partial charge in [0.2, 0.25) is 0 Å². The van der Waals surface area contributed by atoms with Crippen LogP contribution in [0, 0.1) is 0 Å². The molecule has 0 aliphatic rings. The zero-order chi connectivity index (χ0) is 14.1. The Morgan fingerprint density at radius 1 is 1.35 bits per heavy atom. The second-order valence-corrected chi connectivity index (χ2v) is 4.46. The maximum Gasteiger partial charge on any atom is 0.274 e. The van der Waals surface area contributed by atoms with Crippen molar-refractivity contribution in [1.82, 2.24) is 14.8 Å². The van der Waals surface area contributed by atoms with Gasteiger partial charge in [0.25, 0.3) is 11.5 Å². The number of aromatic amines is 1. The number of hydrogen-bond acceptors (Lipinski definition) is 3. The van der Waals surface area contributed by atoms with Gasteiger partial charge >= 0.3 is 0 Å². The third kappa shape index (κ3) is 2.07. The molecule has 6 nitrogen and oxygen atoms in total. The third-order valence-corrected chi connectivity index (χ3v) is 3.07. The number of carbonyl (C=O) groups excluding carboxylic acids is 1. The molecule has 0 aliphatic heterocycles. The van der Waals surface area contributed by atoms with Crippen molar-refractivity contribution in [3.63, 3.8) is 0 Å². The topological polar surface area (TPSA) is 79.8 Å². The first-order valence-corrected chi connectivity index (χ1v) is 6.05. The zero-order valence-electron chi connectivity index (χ0n) is 10.8. The number of benzene rings is 1. The van der Waals surface area contributed by atoms with E-state index < -0.39 is 0 Å². The Hall–Kier alpha value is -2.89. The van der Waals surface area contributed by atoms with Gasteiger partial charge in [-0.3, -0.25) is 14.7 Å². The number of aryl methyl sites for hydroxylation is 1. The summed E-state index contributed by atoms with van der Waals surface area (Å²) in [6.45, 7) is 0. The van der Waals surface area contributed by atoms with Crippen LogP contribution in [0.2, 0.25) is 0 Å². The van der Waals surface area contributed by atoms with Crippen molar-refractivity contribution in [3.05, 3.63) is 58.6 Å². The summed E-state index contributed by atoms with van der Waals surface area (Å²) in [4.78, 5) is 24.0. The average molecular weight is 268 g/mol. The molecular formula is C14H12N4O2. The van der Waals surface area contributed by atoms with E-state index in [9.17, 15) is 9.59 Å². The highest BCUT2D eigenvalue weighted by Crippen LogP contribution is 2.13. The first-order chi connectivity index (χ1) is 9.65. The Bertz CT molecular complexity index is 848. The molecular weight excluding hydrogens is 256 g/mol. The largest absolute Gasteiger partial charge is 0.317 e. The van der Waals surface area contributed by atoms with Crippen LogP contribution in [0.25, 0.3) is 10.9 Å². The number of amides is 1. The molecule has 3 aromatic rings. The first kappa shape index (κ1) is 12.2. The van der Waals surface area contributed by atoms with Gasteiger partial charge in [0.15, 0.2) is 0 Å². The number of fused-ring (bicyclic) bond motifs is 1. The van der Waals surface area contributed by atoms with Crippen molar-refractivity contribution in [2.45, 2.75) is 0 Å². The van der Waals surface area contributed by atoms with E-state index in [0.29, 0.717) is 5.56 Å². The molecule has 0 atom stereocenters. The minimum atomic E-state index is -0.323. The van der Waals surface area contributed by atoms with Crippen molar-refractivity contribution >= 4 is 22.5 Å². The van der Waals surface area contributed by atoms with Crippen LogP contribution in [-0.4, -0.2) is 20.7 Å². The highest BCUT2D eigenvalue weighted by molar-refractivity contribution is 6.06. The Balaban J connectivity index is 1.92. The van der Waals surface area contributed by atoms with Crippen LogP contribution in [0.15, 0.2) is 47.5 Å². The predicted molar refractivity (Wildman–Crippen MR) is 75.7 cm³/mol. The lowest BCUT2D eigenvalue weighted by Gasteiger charge is -2.06. The molecule has 0 fully saturated rings. The summed E-state index contributed by atoms with van der Waals surface area (Å²) in [5, 5.41) is 10.2. The van der Waals surface area contributed by atoms with Crippen molar-refractivity contribution in [1.29, 1.82) is 0 Å². The number of nitrogens with zero attached hydrogens (tertiary/aromatic N) is 2. The average Bonchev–Trinajstić information content (AvgIpc) is 2.91. The second-order valence-electron chi connectivity index (χ2n) is 4.46. The highest BCUT2D eigenvalue weighted by atomic mass is 16.2. The molecule has 1 amide bonds. The molecule has 3 rings (SSSR count). The van der Waals surface area contributed by atoms with E-state index in [0.717, 1.165) is 10.9 Å². The SMILES string of the molecule is Cn1cccc(NC(=O)c2ccc3[nH]ncc3c2)c1=O. The van der Waals surface area contributed by atoms with Crippen LogP contribution in [0.4, 0.5) is 5.69 Å². The molecule has 0 saturated heterocycles. The van der Waals surface area contributed by atoms with Crippen LogP contribution in [0.5, 0.6) is 0 Å². The van der Waals surface area contributed by atoms with E-state index in [1.165, 1.54) is 4.57 Å². The molecule has 0 bridgehead atoms. The summed E-state index contributed by atoms with van der Waals surface area (Å²) in [6.07, 6.45) is 3.28. The molecule has 1 aromatic carbocycles. The number of H-pyrrole nitrogens is 1. The Morgan fingerprint density at radius 2 is 2.20 bits per heavy atom. The highest BCUT2D eigenvalue weighted by Gasteiger charge is 2.10. The fraction of sp³-hybridized carbons (Fsp3) is 0.0714. The predicted octanol–water partition coefficient (Wildman–Crippen LogP) is 1.51. The number of rotatable bonds is 2. The minimum Gasteiger partial charge on any atom is -0.317 e. The number of anilines is 1. The van der Waals surface area contributed by atoms with Gasteiger partial charge < -0.3 is 9.88 Å². The summed E-state index contributed by atoms with van der Waals surface area (Å²) < 4.78 is 1.41. The van der Waals surface area contributed by atoms with Gasteiger partial charge in [-0.05, 0) is 30.3 Å². The fourth-order valence-electron chi connectivity index (χ4n) is 1.97. The minimum absolute atomic E-state index is 0.245. The van der Waals surface area contributed by atoms with E-state index in [2.05, 4.69) is 15.5 Å². The van der Waals surface area contributed by atoms with E-state index in [1.807, 2.05) is 0 Å². The van der Waals surface area contributed by atoms with Gasteiger partial charge in [-0.25, -0.2) is 0 Å². The number of aromatic nitrogens is 3. The van der Waals surface area contributed by atoms with E-state index in [1.54, 1.807) is 49.8 Å². The molecule has 20 heavy (non-hydrogen) atoms. The standard InChI is InChI=1S/C14H12N4O2/c1-18-6-2-3-12(14(18)20)16-13(19)9-4-5-11-10(7-9)8-15-17-11/h2-8H,1H3,(H,15,17)(H,16,19). The van der Waals surface area contributed by atoms with Crippen LogP contribution < -0.4 is 10.9 Å². The molecule has 0 radical (unpaired) electrons. The lowest BCUT2D eigenvalue weighted by Crippen LogP contribution is -2.23. The monoisotopic (exact) mass is 268 g/mol. The van der Waals surface area contributed by atoms with Gasteiger partial charge in [-0.15, -0.1) is 0 Å². The Labute approximate surface area is 114 Å². The normalized spacial score (nSPS) is 10.7. The molecule has 100 valence electrons. The first-order valence-electron chi connectivity index (χ1n) is 6.05. The summed E-state index contributed by atoms with van der Waals surface area (Å²) in [7, 11) is 1.63. The summed E-state index contributed by atoms with van der Waals surface area (Å²) >= 11 is 0. The molecule has 0 unspecified atom stereocenters. The Morgan fingerprint density at radius 3 is 3.05 bits per heavy atom. The Kier molecular flexibility index (Phi) is 2.83.